The third-order valence-corrected chi connectivity index (χ3v) is 7.17. The van der Waals surface area contributed by atoms with Crippen LogP contribution in [0.15, 0.2) is 106 Å². The highest BCUT2D eigenvalue weighted by Gasteiger charge is 2.43. The molecule has 0 saturated heterocycles. The molecular formula is C33H24ClNO6. The fourth-order valence-electron chi connectivity index (χ4n) is 4.99. The molecule has 4 aromatic carbocycles. The molecule has 8 heteroatoms. The second-order valence-corrected chi connectivity index (χ2v) is 9.94. The van der Waals surface area contributed by atoms with Gasteiger partial charge in [0.1, 0.15) is 17.9 Å². The Morgan fingerprint density at radius 2 is 1.66 bits per heavy atom. The van der Waals surface area contributed by atoms with E-state index in [1.807, 2.05) is 54.6 Å². The summed E-state index contributed by atoms with van der Waals surface area (Å²) < 4.78 is 17.0. The Morgan fingerprint density at radius 1 is 0.927 bits per heavy atom. The molecule has 1 aromatic heterocycles. The number of anilines is 1. The van der Waals surface area contributed by atoms with Crippen molar-refractivity contribution in [3.05, 3.63) is 140 Å². The molecule has 0 radical (unpaired) electrons. The van der Waals surface area contributed by atoms with Crippen molar-refractivity contribution in [1.82, 2.24) is 0 Å². The van der Waals surface area contributed by atoms with Crippen LogP contribution < -0.4 is 15.1 Å². The van der Waals surface area contributed by atoms with Gasteiger partial charge in [-0.1, -0.05) is 54.1 Å². The van der Waals surface area contributed by atoms with Crippen LogP contribution in [-0.2, 0) is 11.3 Å². The van der Waals surface area contributed by atoms with Crippen LogP contribution in [0.3, 0.4) is 0 Å². The Hall–Kier alpha value is -4.88. The van der Waals surface area contributed by atoms with Crippen LogP contribution in [-0.4, -0.2) is 18.5 Å². The first kappa shape index (κ1) is 26.3. The van der Waals surface area contributed by atoms with Gasteiger partial charge in [0.25, 0.3) is 5.91 Å². The van der Waals surface area contributed by atoms with Gasteiger partial charge in [-0.15, -0.1) is 0 Å². The number of nitrogens with zero attached hydrogens (tertiary/aromatic N) is 1. The standard InChI is InChI=1S/C33H24ClNO6/c1-2-39-33(38)22-8-13-24(14-9-22)35-29(21-10-15-25(16-11-21)40-19-20-6-4-3-5-7-20)28-30(36)26-18-23(34)12-17-27(26)41-31(28)32(35)37/h3-18,29H,2,19H2,1H3. The first-order valence-corrected chi connectivity index (χ1v) is 13.5. The number of carbonyl (C=O) groups is 2. The number of amides is 1. The zero-order valence-electron chi connectivity index (χ0n) is 22.0. The Balaban J connectivity index is 1.42. The molecule has 1 aliphatic rings. The molecule has 1 unspecified atom stereocenters. The summed E-state index contributed by atoms with van der Waals surface area (Å²) in [5.74, 6) is -0.316. The molecule has 1 aliphatic heterocycles. The van der Waals surface area contributed by atoms with Crippen LogP contribution in [0.4, 0.5) is 5.69 Å². The first-order valence-electron chi connectivity index (χ1n) is 13.1. The van der Waals surface area contributed by atoms with Gasteiger partial charge >= 0.3 is 5.97 Å². The van der Waals surface area contributed by atoms with Gasteiger partial charge in [0.15, 0.2) is 5.43 Å². The number of hydrogen-bond donors (Lipinski definition) is 0. The van der Waals surface area contributed by atoms with E-state index in [1.54, 1.807) is 49.4 Å². The predicted octanol–water partition coefficient (Wildman–Crippen LogP) is 6.95. The summed E-state index contributed by atoms with van der Waals surface area (Å²) in [6, 6.07) is 27.5. The second-order valence-electron chi connectivity index (χ2n) is 9.50. The summed E-state index contributed by atoms with van der Waals surface area (Å²) in [5, 5.41) is 0.674. The van der Waals surface area contributed by atoms with Crippen molar-refractivity contribution in [1.29, 1.82) is 0 Å². The fraction of sp³-hybridized carbons (Fsp3) is 0.121. The van der Waals surface area contributed by atoms with Crippen LogP contribution in [0.1, 0.15) is 50.6 Å². The van der Waals surface area contributed by atoms with Crippen molar-refractivity contribution in [3.63, 3.8) is 0 Å². The average molecular weight is 566 g/mol. The monoisotopic (exact) mass is 565 g/mol. The summed E-state index contributed by atoms with van der Waals surface area (Å²) >= 11 is 6.19. The summed E-state index contributed by atoms with van der Waals surface area (Å²) in [6.07, 6.45) is 0. The minimum absolute atomic E-state index is 0.0336. The van der Waals surface area contributed by atoms with Gasteiger partial charge in [-0.3, -0.25) is 14.5 Å². The van der Waals surface area contributed by atoms with Crippen LogP contribution in [0.25, 0.3) is 11.0 Å². The molecule has 0 saturated carbocycles. The van der Waals surface area contributed by atoms with Crippen molar-refractivity contribution >= 4 is 40.1 Å². The van der Waals surface area contributed by atoms with Crippen molar-refractivity contribution in [2.24, 2.45) is 0 Å². The fourth-order valence-corrected chi connectivity index (χ4v) is 5.16. The van der Waals surface area contributed by atoms with E-state index < -0.39 is 17.9 Å². The Labute approximate surface area is 240 Å². The lowest BCUT2D eigenvalue weighted by atomic mass is 9.98. The van der Waals surface area contributed by atoms with Crippen molar-refractivity contribution in [3.8, 4) is 5.75 Å². The third-order valence-electron chi connectivity index (χ3n) is 6.93. The Bertz CT molecular complexity index is 1810. The Morgan fingerprint density at radius 3 is 2.37 bits per heavy atom. The molecule has 2 heterocycles. The van der Waals surface area contributed by atoms with Crippen molar-refractivity contribution in [2.75, 3.05) is 11.5 Å². The number of fused-ring (bicyclic) bond motifs is 2. The lowest BCUT2D eigenvalue weighted by molar-refractivity contribution is 0.0526. The molecule has 0 aliphatic carbocycles. The number of rotatable bonds is 7. The van der Waals surface area contributed by atoms with Gasteiger partial charge in [-0.05, 0) is 72.6 Å². The van der Waals surface area contributed by atoms with Crippen molar-refractivity contribution < 1.29 is 23.5 Å². The van der Waals surface area contributed by atoms with Gasteiger partial charge in [0.2, 0.25) is 5.76 Å². The molecule has 204 valence electrons. The lowest BCUT2D eigenvalue weighted by Gasteiger charge is -2.25. The van der Waals surface area contributed by atoms with E-state index in [-0.39, 0.29) is 34.3 Å². The molecule has 5 aromatic rings. The van der Waals surface area contributed by atoms with E-state index in [4.69, 9.17) is 25.5 Å². The molecule has 0 bridgehead atoms. The number of benzene rings is 4. The van der Waals surface area contributed by atoms with Crippen LogP contribution in [0, 0.1) is 0 Å². The highest BCUT2D eigenvalue weighted by Crippen LogP contribution is 2.41. The molecule has 6 rings (SSSR count). The molecule has 1 amide bonds. The molecule has 7 nitrogen and oxygen atoms in total. The third kappa shape index (κ3) is 4.96. The highest BCUT2D eigenvalue weighted by atomic mass is 35.5. The van der Waals surface area contributed by atoms with Crippen LogP contribution >= 0.6 is 11.6 Å². The normalized spacial score (nSPS) is 14.2. The largest absolute Gasteiger partial charge is 0.489 e. The van der Waals surface area contributed by atoms with E-state index >= 15 is 0 Å². The maximum atomic E-state index is 13.8. The number of esters is 1. The van der Waals surface area contributed by atoms with E-state index in [1.165, 1.54) is 4.90 Å². The van der Waals surface area contributed by atoms with Crippen LogP contribution in [0.2, 0.25) is 5.02 Å². The number of ether oxygens (including phenoxy) is 2. The number of hydrogen-bond acceptors (Lipinski definition) is 6. The highest BCUT2D eigenvalue weighted by molar-refractivity contribution is 6.31. The zero-order chi connectivity index (χ0) is 28.5. The number of halogens is 1. The molecular weight excluding hydrogens is 542 g/mol. The topological polar surface area (TPSA) is 86.0 Å². The Kier molecular flexibility index (Phi) is 7.03. The van der Waals surface area contributed by atoms with Gasteiger partial charge in [0, 0.05) is 10.7 Å². The smallest absolute Gasteiger partial charge is 0.338 e. The zero-order valence-corrected chi connectivity index (χ0v) is 22.8. The molecule has 1 atom stereocenters. The SMILES string of the molecule is CCOC(=O)c1ccc(N2C(=O)c3oc4ccc(Cl)cc4c(=O)c3C2c2ccc(OCc3ccccc3)cc2)cc1. The average Bonchev–Trinajstić information content (AvgIpc) is 3.29. The van der Waals surface area contributed by atoms with Gasteiger partial charge in [-0.25, -0.2) is 4.79 Å². The maximum Gasteiger partial charge on any atom is 0.338 e. The van der Waals surface area contributed by atoms with E-state index in [0.29, 0.717) is 34.2 Å². The first-order chi connectivity index (χ1) is 19.9. The molecule has 41 heavy (non-hydrogen) atoms. The molecule has 0 fully saturated rings. The van der Waals surface area contributed by atoms with Gasteiger partial charge < -0.3 is 13.9 Å². The second kappa shape index (κ2) is 10.9. The quantitative estimate of drug-likeness (QED) is 0.198. The summed E-state index contributed by atoms with van der Waals surface area (Å²) in [5.41, 5.74) is 2.72. The van der Waals surface area contributed by atoms with Crippen LogP contribution in [0.5, 0.6) is 5.75 Å². The van der Waals surface area contributed by atoms with E-state index in [0.717, 1.165) is 5.56 Å². The summed E-state index contributed by atoms with van der Waals surface area (Å²) in [4.78, 5) is 41.4. The maximum absolute atomic E-state index is 13.8. The lowest BCUT2D eigenvalue weighted by Crippen LogP contribution is -2.29. The molecule has 0 spiro atoms. The molecule has 0 N–H and O–H groups in total. The minimum Gasteiger partial charge on any atom is -0.489 e. The van der Waals surface area contributed by atoms with Crippen molar-refractivity contribution in [2.45, 2.75) is 19.6 Å². The van der Waals surface area contributed by atoms with E-state index in [2.05, 4.69) is 0 Å². The van der Waals surface area contributed by atoms with Gasteiger partial charge in [0.05, 0.1) is 29.2 Å². The number of carbonyl (C=O) groups excluding carboxylic acids is 2. The minimum atomic E-state index is -0.784. The summed E-state index contributed by atoms with van der Waals surface area (Å²) in [7, 11) is 0. The predicted molar refractivity (Wildman–Crippen MR) is 156 cm³/mol. The van der Waals surface area contributed by atoms with E-state index in [9.17, 15) is 14.4 Å². The van der Waals surface area contributed by atoms with Gasteiger partial charge in [-0.2, -0.15) is 0 Å². The summed E-state index contributed by atoms with van der Waals surface area (Å²) in [6.45, 7) is 2.38.